The normalized spacial score (nSPS) is 17.5. The molecule has 5 rings (SSSR count). The third-order valence-electron chi connectivity index (χ3n) is 6.17. The first-order chi connectivity index (χ1) is 16.8. The van der Waals surface area contributed by atoms with Gasteiger partial charge in [-0.3, -0.25) is 4.98 Å². The predicted molar refractivity (Wildman–Crippen MR) is 135 cm³/mol. The summed E-state index contributed by atoms with van der Waals surface area (Å²) < 4.78 is 20.4. The molecule has 3 heterocycles. The molecule has 0 unspecified atom stereocenters. The zero-order valence-electron chi connectivity index (χ0n) is 19.0. The van der Waals surface area contributed by atoms with Crippen molar-refractivity contribution in [2.45, 2.75) is 25.9 Å². The molecule has 1 fully saturated rings. The number of carbonyl (C=O) groups is 1. The van der Waals surface area contributed by atoms with Crippen LogP contribution in [0.3, 0.4) is 0 Å². The molecule has 0 bridgehead atoms. The van der Waals surface area contributed by atoms with Gasteiger partial charge in [0, 0.05) is 17.4 Å². The number of thiocarbonyl (C=S) groups is 1. The van der Waals surface area contributed by atoms with Crippen molar-refractivity contribution < 1.29 is 18.7 Å². The first-order valence-electron chi connectivity index (χ1n) is 11.0. The highest BCUT2D eigenvalue weighted by atomic mass is 32.1. The van der Waals surface area contributed by atoms with Crippen molar-refractivity contribution in [3.05, 3.63) is 107 Å². The molecule has 1 aliphatic heterocycles. The number of rotatable bonds is 5. The summed E-state index contributed by atoms with van der Waals surface area (Å²) in [5.74, 6) is -0.00654. The van der Waals surface area contributed by atoms with E-state index in [0.29, 0.717) is 22.2 Å². The van der Waals surface area contributed by atoms with Crippen LogP contribution in [-0.2, 0) is 0 Å². The number of anilines is 1. The Kier molecular flexibility index (Phi) is 5.82. The molecule has 35 heavy (non-hydrogen) atoms. The molecule has 0 saturated carbocycles. The second kappa shape index (κ2) is 8.96. The fourth-order valence-electron chi connectivity index (χ4n) is 4.43. The van der Waals surface area contributed by atoms with Crippen LogP contribution < -0.4 is 10.2 Å². The molecule has 8 heteroatoms. The van der Waals surface area contributed by atoms with Gasteiger partial charge in [-0.15, -0.1) is 0 Å². The fourth-order valence-corrected chi connectivity index (χ4v) is 4.78. The number of nitrogens with zero attached hydrogens (tertiary/aromatic N) is 2. The third-order valence-corrected chi connectivity index (χ3v) is 6.49. The highest BCUT2D eigenvalue weighted by Gasteiger charge is 2.42. The van der Waals surface area contributed by atoms with Crippen molar-refractivity contribution in [3.8, 4) is 11.3 Å². The van der Waals surface area contributed by atoms with Crippen molar-refractivity contribution in [2.75, 3.05) is 4.90 Å². The number of nitrogens with one attached hydrogen (secondary N) is 1. The second-order valence-corrected chi connectivity index (χ2v) is 8.85. The summed E-state index contributed by atoms with van der Waals surface area (Å²) in [4.78, 5) is 17.8. The number of aromatic carboxylic acids is 1. The molecule has 176 valence electrons. The largest absolute Gasteiger partial charge is 0.478 e. The molecule has 4 aromatic rings. The Balaban J connectivity index is 1.60. The molecule has 0 aliphatic carbocycles. The number of carboxylic acid groups (broad SMARTS) is 1. The quantitative estimate of drug-likeness (QED) is 0.336. The van der Waals surface area contributed by atoms with Crippen LogP contribution in [-0.4, -0.2) is 21.2 Å². The Morgan fingerprint density at radius 3 is 2.60 bits per heavy atom. The number of hydrogen-bond donors (Lipinski definition) is 2. The van der Waals surface area contributed by atoms with E-state index in [1.165, 1.54) is 6.07 Å². The first-order valence-corrected chi connectivity index (χ1v) is 11.4. The van der Waals surface area contributed by atoms with Gasteiger partial charge in [0.25, 0.3) is 0 Å². The van der Waals surface area contributed by atoms with Crippen LogP contribution in [0.2, 0.25) is 0 Å². The minimum Gasteiger partial charge on any atom is -0.478 e. The molecular formula is C27H22FN3O3S. The van der Waals surface area contributed by atoms with Crippen molar-refractivity contribution in [1.29, 1.82) is 0 Å². The number of furan rings is 1. The first kappa shape index (κ1) is 22.7. The van der Waals surface area contributed by atoms with E-state index in [1.807, 2.05) is 42.2 Å². The van der Waals surface area contributed by atoms with Gasteiger partial charge in [-0.2, -0.15) is 0 Å². The molecule has 1 saturated heterocycles. The molecule has 2 atom stereocenters. The standard InChI is InChI=1S/C27H22FN3O3S/c1-15-13-17(26(32)33)6-8-19(15)22-10-11-23(34-22)25-24(21-5-3-4-12-29-21)30-27(35)31(25)18-7-9-20(28)16(2)14-18/h3-14,24-25H,1-2H3,(H,30,35)(H,32,33)/t24-,25+/m0/s1. The third kappa shape index (κ3) is 4.17. The van der Waals surface area contributed by atoms with E-state index in [4.69, 9.17) is 16.6 Å². The van der Waals surface area contributed by atoms with E-state index in [0.717, 1.165) is 22.5 Å². The summed E-state index contributed by atoms with van der Waals surface area (Å²) in [6, 6.07) is 18.6. The fraction of sp³-hybridized carbons (Fsp3) is 0.148. The van der Waals surface area contributed by atoms with E-state index in [1.54, 1.807) is 43.5 Å². The van der Waals surface area contributed by atoms with Gasteiger partial charge in [0.05, 0.1) is 17.3 Å². The van der Waals surface area contributed by atoms with Crippen LogP contribution in [0.4, 0.5) is 10.1 Å². The monoisotopic (exact) mass is 487 g/mol. The Hall–Kier alpha value is -4.04. The van der Waals surface area contributed by atoms with Gasteiger partial charge in [0.15, 0.2) is 5.11 Å². The highest BCUT2D eigenvalue weighted by Crippen LogP contribution is 2.43. The van der Waals surface area contributed by atoms with Crippen molar-refractivity contribution >= 4 is 29.0 Å². The number of halogens is 1. The lowest BCUT2D eigenvalue weighted by molar-refractivity contribution is 0.0696. The summed E-state index contributed by atoms with van der Waals surface area (Å²) in [6.07, 6.45) is 1.72. The van der Waals surface area contributed by atoms with Gasteiger partial charge in [-0.1, -0.05) is 12.1 Å². The van der Waals surface area contributed by atoms with Crippen molar-refractivity contribution in [3.63, 3.8) is 0 Å². The predicted octanol–water partition coefficient (Wildman–Crippen LogP) is 5.97. The summed E-state index contributed by atoms with van der Waals surface area (Å²) in [5.41, 5.74) is 3.86. The Bertz CT molecular complexity index is 1440. The molecule has 2 aromatic heterocycles. The van der Waals surface area contributed by atoms with Gasteiger partial charge in [0.2, 0.25) is 0 Å². The Morgan fingerprint density at radius 2 is 1.91 bits per heavy atom. The average Bonchev–Trinajstić information content (AvgIpc) is 3.46. The summed E-state index contributed by atoms with van der Waals surface area (Å²) in [6.45, 7) is 3.56. The van der Waals surface area contributed by atoms with Crippen molar-refractivity contribution in [1.82, 2.24) is 10.3 Å². The molecular weight excluding hydrogens is 465 g/mol. The molecule has 0 spiro atoms. The lowest BCUT2D eigenvalue weighted by Gasteiger charge is -2.26. The maximum absolute atomic E-state index is 14.0. The minimum absolute atomic E-state index is 0.219. The van der Waals surface area contributed by atoms with Crippen LogP contribution >= 0.6 is 12.2 Å². The zero-order chi connectivity index (χ0) is 24.7. The summed E-state index contributed by atoms with van der Waals surface area (Å²) >= 11 is 5.71. The van der Waals surface area contributed by atoms with Crippen molar-refractivity contribution in [2.24, 2.45) is 0 Å². The number of carboxylic acids is 1. The average molecular weight is 488 g/mol. The molecule has 6 nitrogen and oxygen atoms in total. The van der Waals surface area contributed by atoms with Gasteiger partial charge in [-0.05, 0) is 91.8 Å². The zero-order valence-corrected chi connectivity index (χ0v) is 19.8. The summed E-state index contributed by atoms with van der Waals surface area (Å²) in [7, 11) is 0. The molecule has 2 N–H and O–H groups in total. The van der Waals surface area contributed by atoms with Crippen LogP contribution in [0, 0.1) is 19.7 Å². The number of pyridine rings is 1. The van der Waals surface area contributed by atoms with E-state index in [2.05, 4.69) is 10.3 Å². The van der Waals surface area contributed by atoms with Crippen LogP contribution in [0.5, 0.6) is 0 Å². The Morgan fingerprint density at radius 1 is 1.09 bits per heavy atom. The van der Waals surface area contributed by atoms with Crippen LogP contribution in [0.25, 0.3) is 11.3 Å². The summed E-state index contributed by atoms with van der Waals surface area (Å²) in [5, 5.41) is 13.1. The smallest absolute Gasteiger partial charge is 0.335 e. The number of hydrogen-bond acceptors (Lipinski definition) is 4. The van der Waals surface area contributed by atoms with E-state index < -0.39 is 5.97 Å². The topological polar surface area (TPSA) is 78.6 Å². The number of benzene rings is 2. The molecule has 1 aliphatic rings. The van der Waals surface area contributed by atoms with Gasteiger partial charge < -0.3 is 19.7 Å². The maximum Gasteiger partial charge on any atom is 0.335 e. The number of aryl methyl sites for hydroxylation is 2. The van der Waals surface area contributed by atoms with E-state index in [-0.39, 0.29) is 23.5 Å². The molecule has 0 amide bonds. The van der Waals surface area contributed by atoms with Crippen LogP contribution in [0.1, 0.15) is 45.0 Å². The second-order valence-electron chi connectivity index (χ2n) is 8.47. The lowest BCUT2D eigenvalue weighted by Crippen LogP contribution is -2.29. The van der Waals surface area contributed by atoms with Crippen LogP contribution in [0.15, 0.2) is 77.3 Å². The highest BCUT2D eigenvalue weighted by molar-refractivity contribution is 7.80. The van der Waals surface area contributed by atoms with Gasteiger partial charge in [0.1, 0.15) is 23.4 Å². The Labute approximate surface area is 207 Å². The van der Waals surface area contributed by atoms with Gasteiger partial charge in [-0.25, -0.2) is 9.18 Å². The minimum atomic E-state index is -0.978. The SMILES string of the molecule is Cc1cc(N2C(=S)N[C@@H](c3ccccn3)[C@H]2c2ccc(-c3ccc(C(=O)O)cc3C)o2)ccc1F. The number of aromatic nitrogens is 1. The van der Waals surface area contributed by atoms with E-state index in [9.17, 15) is 14.3 Å². The molecule has 2 aromatic carbocycles. The molecule has 0 radical (unpaired) electrons. The lowest BCUT2D eigenvalue weighted by atomic mass is 10.0. The maximum atomic E-state index is 14.0. The van der Waals surface area contributed by atoms with Gasteiger partial charge >= 0.3 is 5.97 Å². The van der Waals surface area contributed by atoms with E-state index >= 15 is 0 Å².